The molecular formula is C28H30Cl2N4O3. The van der Waals surface area contributed by atoms with E-state index in [-0.39, 0.29) is 0 Å². The Kier molecular flexibility index (Phi) is 9.48. The molecule has 2 heterocycles. The fourth-order valence-electron chi connectivity index (χ4n) is 4.31. The van der Waals surface area contributed by atoms with Gasteiger partial charge in [0, 0.05) is 36.3 Å². The Bertz CT molecular complexity index is 1320. The SMILES string of the molecule is COc1cc(Nc2c(C#N)cnc3cc(C=CCCCCN4CCOCC4)c(OC)cc23)c(Cl)cc1Cl. The van der Waals surface area contributed by atoms with E-state index in [2.05, 4.69) is 33.4 Å². The summed E-state index contributed by atoms with van der Waals surface area (Å²) in [5, 5.41) is 14.6. The molecule has 37 heavy (non-hydrogen) atoms. The van der Waals surface area contributed by atoms with Gasteiger partial charge in [0.25, 0.3) is 0 Å². The lowest BCUT2D eigenvalue weighted by Crippen LogP contribution is -2.36. The number of anilines is 2. The Balaban J connectivity index is 1.55. The lowest BCUT2D eigenvalue weighted by atomic mass is 10.0. The number of allylic oxidation sites excluding steroid dienone is 1. The van der Waals surface area contributed by atoms with Gasteiger partial charge < -0.3 is 19.5 Å². The van der Waals surface area contributed by atoms with Crippen LogP contribution in [0, 0.1) is 11.3 Å². The molecule has 1 aromatic heterocycles. The van der Waals surface area contributed by atoms with Crippen LogP contribution in [0.25, 0.3) is 17.0 Å². The van der Waals surface area contributed by atoms with E-state index in [4.69, 9.17) is 37.4 Å². The number of fused-ring (bicyclic) bond motifs is 1. The van der Waals surface area contributed by atoms with E-state index >= 15 is 0 Å². The van der Waals surface area contributed by atoms with Gasteiger partial charge in [-0.2, -0.15) is 5.26 Å². The van der Waals surface area contributed by atoms with Crippen molar-refractivity contribution in [3.8, 4) is 17.6 Å². The number of unbranched alkanes of at least 4 members (excludes halogenated alkanes) is 2. The van der Waals surface area contributed by atoms with Gasteiger partial charge in [0.2, 0.25) is 0 Å². The molecule has 1 aliphatic rings. The fraction of sp³-hybridized carbons (Fsp3) is 0.357. The number of benzene rings is 2. The van der Waals surface area contributed by atoms with Crippen LogP contribution in [0.4, 0.5) is 11.4 Å². The first-order valence-electron chi connectivity index (χ1n) is 12.2. The molecule has 0 spiro atoms. The standard InChI is InChI=1S/C28H30Cl2N4O3/c1-35-26-14-21-24(13-19(26)7-5-3-4-6-8-34-9-11-37-12-10-34)32-18-20(17-31)28(21)33-25-16-27(36-2)23(30)15-22(25)29/h5,7,13-16,18H,3-4,6,8-12H2,1-2H3,(H,32,33). The zero-order valence-corrected chi connectivity index (χ0v) is 22.5. The number of nitriles is 1. The maximum atomic E-state index is 9.76. The van der Waals surface area contributed by atoms with E-state index in [0.717, 1.165) is 68.6 Å². The zero-order chi connectivity index (χ0) is 26.2. The maximum absolute atomic E-state index is 9.76. The van der Waals surface area contributed by atoms with E-state index in [1.54, 1.807) is 25.4 Å². The van der Waals surface area contributed by atoms with Crippen LogP contribution in [-0.2, 0) is 4.74 Å². The summed E-state index contributed by atoms with van der Waals surface area (Å²) in [6, 6.07) is 9.37. The minimum atomic E-state index is 0.378. The molecule has 4 rings (SSSR count). The third-order valence-corrected chi connectivity index (χ3v) is 6.95. The second-order valence-electron chi connectivity index (χ2n) is 8.71. The van der Waals surface area contributed by atoms with Crippen molar-refractivity contribution < 1.29 is 14.2 Å². The quantitative estimate of drug-likeness (QED) is 0.287. The monoisotopic (exact) mass is 540 g/mol. The molecule has 0 amide bonds. The van der Waals surface area contributed by atoms with Crippen molar-refractivity contribution in [2.45, 2.75) is 19.3 Å². The molecule has 0 radical (unpaired) electrons. The topological polar surface area (TPSA) is 79.6 Å². The van der Waals surface area contributed by atoms with Crippen LogP contribution in [0.15, 0.2) is 36.5 Å². The maximum Gasteiger partial charge on any atom is 0.139 e. The van der Waals surface area contributed by atoms with Gasteiger partial charge >= 0.3 is 0 Å². The molecular weight excluding hydrogens is 511 g/mol. The summed E-state index contributed by atoms with van der Waals surface area (Å²) in [5.41, 5.74) is 3.18. The van der Waals surface area contributed by atoms with Gasteiger partial charge in [-0.3, -0.25) is 9.88 Å². The number of halogens is 2. The Morgan fingerprint density at radius 3 is 2.59 bits per heavy atom. The van der Waals surface area contributed by atoms with Gasteiger partial charge in [0.1, 0.15) is 17.6 Å². The van der Waals surface area contributed by atoms with Crippen LogP contribution in [0.5, 0.6) is 11.5 Å². The van der Waals surface area contributed by atoms with Crippen LogP contribution in [0.1, 0.15) is 30.4 Å². The number of nitrogens with zero attached hydrogens (tertiary/aromatic N) is 3. The molecule has 1 N–H and O–H groups in total. The van der Waals surface area contributed by atoms with Crippen LogP contribution in [0.2, 0.25) is 10.0 Å². The number of hydrogen-bond acceptors (Lipinski definition) is 7. The third-order valence-electron chi connectivity index (χ3n) is 6.34. The van der Waals surface area contributed by atoms with E-state index < -0.39 is 0 Å². The highest BCUT2D eigenvalue weighted by Crippen LogP contribution is 2.39. The smallest absolute Gasteiger partial charge is 0.139 e. The molecule has 1 aliphatic heterocycles. The second kappa shape index (κ2) is 13.0. The number of pyridine rings is 1. The summed E-state index contributed by atoms with van der Waals surface area (Å²) in [4.78, 5) is 6.98. The minimum absolute atomic E-state index is 0.378. The molecule has 194 valence electrons. The third kappa shape index (κ3) is 6.65. The number of morpholine rings is 1. The van der Waals surface area contributed by atoms with Gasteiger partial charge in [-0.25, -0.2) is 0 Å². The van der Waals surface area contributed by atoms with E-state index in [9.17, 15) is 5.26 Å². The van der Waals surface area contributed by atoms with Crippen molar-refractivity contribution in [2.24, 2.45) is 0 Å². The van der Waals surface area contributed by atoms with Gasteiger partial charge in [-0.15, -0.1) is 0 Å². The first kappa shape index (κ1) is 27.0. The van der Waals surface area contributed by atoms with Gasteiger partial charge in [0.15, 0.2) is 0 Å². The molecule has 0 bridgehead atoms. The Morgan fingerprint density at radius 2 is 1.86 bits per heavy atom. The van der Waals surface area contributed by atoms with Crippen molar-refractivity contribution in [2.75, 3.05) is 52.4 Å². The molecule has 9 heteroatoms. The Hall–Kier alpha value is -3.02. The molecule has 3 aromatic rings. The number of aromatic nitrogens is 1. The van der Waals surface area contributed by atoms with Crippen molar-refractivity contribution in [3.05, 3.63) is 57.7 Å². The molecule has 0 aliphatic carbocycles. The van der Waals surface area contributed by atoms with E-state index in [0.29, 0.717) is 38.5 Å². The number of rotatable bonds is 10. The van der Waals surface area contributed by atoms with Crippen molar-refractivity contribution in [1.29, 1.82) is 5.26 Å². The second-order valence-corrected chi connectivity index (χ2v) is 9.53. The summed E-state index contributed by atoms with van der Waals surface area (Å²) in [6.07, 6.45) is 9.05. The van der Waals surface area contributed by atoms with Crippen molar-refractivity contribution in [1.82, 2.24) is 9.88 Å². The van der Waals surface area contributed by atoms with Crippen LogP contribution < -0.4 is 14.8 Å². The number of hydrogen-bond donors (Lipinski definition) is 1. The Morgan fingerprint density at radius 1 is 1.08 bits per heavy atom. The lowest BCUT2D eigenvalue weighted by molar-refractivity contribution is 0.0372. The fourth-order valence-corrected chi connectivity index (χ4v) is 4.82. The van der Waals surface area contributed by atoms with Gasteiger partial charge in [-0.05, 0) is 44.0 Å². The first-order valence-corrected chi connectivity index (χ1v) is 13.0. The predicted molar refractivity (Wildman–Crippen MR) is 149 cm³/mol. The molecule has 0 atom stereocenters. The molecule has 1 fully saturated rings. The zero-order valence-electron chi connectivity index (χ0n) is 21.0. The summed E-state index contributed by atoms with van der Waals surface area (Å²) >= 11 is 12.6. The lowest BCUT2D eigenvalue weighted by Gasteiger charge is -2.26. The molecule has 1 saturated heterocycles. The number of ether oxygens (including phenoxy) is 3. The average molecular weight is 541 g/mol. The highest BCUT2D eigenvalue weighted by Gasteiger charge is 2.16. The van der Waals surface area contributed by atoms with Crippen LogP contribution in [0.3, 0.4) is 0 Å². The van der Waals surface area contributed by atoms with Crippen LogP contribution in [-0.4, -0.2) is 57.0 Å². The predicted octanol–water partition coefficient (Wildman–Crippen LogP) is 6.69. The summed E-state index contributed by atoms with van der Waals surface area (Å²) in [7, 11) is 3.17. The number of nitrogens with one attached hydrogen (secondary N) is 1. The molecule has 0 saturated carbocycles. The van der Waals surface area contributed by atoms with Gasteiger partial charge in [-0.1, -0.05) is 35.4 Å². The summed E-state index contributed by atoms with van der Waals surface area (Å²) < 4.78 is 16.4. The van der Waals surface area contributed by atoms with Gasteiger partial charge in [0.05, 0.1) is 59.9 Å². The van der Waals surface area contributed by atoms with Crippen molar-refractivity contribution >= 4 is 51.6 Å². The summed E-state index contributed by atoms with van der Waals surface area (Å²) in [5.74, 6) is 1.16. The highest BCUT2D eigenvalue weighted by molar-refractivity contribution is 6.37. The highest BCUT2D eigenvalue weighted by atomic mass is 35.5. The molecule has 2 aromatic carbocycles. The van der Waals surface area contributed by atoms with Crippen molar-refractivity contribution in [3.63, 3.8) is 0 Å². The first-order chi connectivity index (χ1) is 18.0. The van der Waals surface area contributed by atoms with Crippen LogP contribution >= 0.6 is 23.2 Å². The molecule has 7 nitrogen and oxygen atoms in total. The van der Waals surface area contributed by atoms with E-state index in [1.165, 1.54) is 7.11 Å². The normalized spacial score (nSPS) is 14.1. The van der Waals surface area contributed by atoms with E-state index in [1.807, 2.05) is 12.1 Å². The Labute approximate surface area is 227 Å². The largest absolute Gasteiger partial charge is 0.496 e. The summed E-state index contributed by atoms with van der Waals surface area (Å²) in [6.45, 7) is 4.84. The minimum Gasteiger partial charge on any atom is -0.496 e. The number of methoxy groups -OCH3 is 2. The molecule has 0 unspecified atom stereocenters. The average Bonchev–Trinajstić information content (AvgIpc) is 2.92.